The van der Waals surface area contributed by atoms with Gasteiger partial charge >= 0.3 is 0 Å². The molecule has 1 aliphatic rings. The molecule has 1 fully saturated rings. The molecule has 4 N–H and O–H groups in total. The number of hydrogen-bond donors (Lipinski definition) is 4. The Labute approximate surface area is 183 Å². The zero-order chi connectivity index (χ0) is 22.2. The molecule has 1 aromatic carbocycles. The maximum absolute atomic E-state index is 10.4. The van der Waals surface area contributed by atoms with E-state index in [1.54, 1.807) is 11.7 Å². The highest BCUT2D eigenvalue weighted by atomic mass is 16.6. The van der Waals surface area contributed by atoms with Crippen molar-refractivity contribution in [3.05, 3.63) is 54.5 Å². The molecule has 4 aromatic rings. The van der Waals surface area contributed by atoms with E-state index >= 15 is 0 Å². The summed E-state index contributed by atoms with van der Waals surface area (Å²) >= 11 is 0. The monoisotopic (exact) mass is 437 g/mol. The first-order valence-electron chi connectivity index (χ1n) is 10.2. The number of imidazole rings is 1. The zero-order valence-corrected chi connectivity index (χ0v) is 17.3. The van der Waals surface area contributed by atoms with Crippen LogP contribution in [0.2, 0.25) is 0 Å². The summed E-state index contributed by atoms with van der Waals surface area (Å²) in [5, 5.41) is 37.6. The fourth-order valence-electron chi connectivity index (χ4n) is 3.84. The molecule has 0 unspecified atom stereocenters. The summed E-state index contributed by atoms with van der Waals surface area (Å²) in [6, 6.07) is 11.8. The fourth-order valence-corrected chi connectivity index (χ4v) is 3.84. The number of nitrogens with one attached hydrogen (secondary N) is 1. The normalized spacial score (nSPS) is 23.1. The number of hydrogen-bond acceptors (Lipinski definition) is 9. The van der Waals surface area contributed by atoms with E-state index in [2.05, 4.69) is 25.4 Å². The lowest BCUT2D eigenvalue weighted by molar-refractivity contribution is -0.0511. The summed E-state index contributed by atoms with van der Waals surface area (Å²) in [5.74, 6) is 0.871. The quantitative estimate of drug-likeness (QED) is 0.337. The van der Waals surface area contributed by atoms with E-state index < -0.39 is 31.1 Å². The molecule has 11 nitrogen and oxygen atoms in total. The molecule has 0 radical (unpaired) electrons. The fraction of sp³-hybridized carbons (Fsp3) is 0.333. The van der Waals surface area contributed by atoms with Gasteiger partial charge in [0.05, 0.1) is 19.5 Å². The number of aliphatic hydroxyl groups is 3. The molecule has 0 saturated carbocycles. The molecule has 32 heavy (non-hydrogen) atoms. The highest BCUT2D eigenvalue weighted by Crippen LogP contribution is 2.33. The van der Waals surface area contributed by atoms with Gasteiger partial charge in [-0.15, -0.1) is 0 Å². The van der Waals surface area contributed by atoms with Gasteiger partial charge in [0.25, 0.3) is 0 Å². The van der Waals surface area contributed by atoms with Crippen molar-refractivity contribution in [1.82, 2.24) is 29.3 Å². The highest BCUT2D eigenvalue weighted by molar-refractivity contribution is 5.84. The number of aromatic nitrogens is 6. The average molecular weight is 437 g/mol. The minimum atomic E-state index is -1.24. The summed E-state index contributed by atoms with van der Waals surface area (Å²) in [4.78, 5) is 13.5. The van der Waals surface area contributed by atoms with Crippen molar-refractivity contribution in [3.8, 4) is 11.5 Å². The van der Waals surface area contributed by atoms with Crippen LogP contribution in [0.5, 0.6) is 0 Å². The van der Waals surface area contributed by atoms with E-state index in [-0.39, 0.29) is 0 Å². The van der Waals surface area contributed by atoms with Gasteiger partial charge in [-0.1, -0.05) is 30.3 Å². The van der Waals surface area contributed by atoms with Gasteiger partial charge in [-0.3, -0.25) is 9.25 Å². The Morgan fingerprint density at radius 1 is 1.09 bits per heavy atom. The molecule has 5 rings (SSSR count). The second kappa shape index (κ2) is 8.28. The standard InChI is InChI=1S/C21H23N7O4/c1-22-19-15-20(28(11-23-15)21-17(31)16(30)14(10-29)32-21)25-18(24-19)13-7-8-27(26-13)9-12-5-3-2-4-6-12/h2-8,11,14,16-17,21,29-31H,9-10H2,1H3,(H,22,24,25)/t14-,16-,17-,21-/m1/s1. The van der Waals surface area contributed by atoms with Crippen LogP contribution in [0.4, 0.5) is 5.82 Å². The topological polar surface area (TPSA) is 143 Å². The SMILES string of the molecule is CNc1nc(-c2ccn(Cc3ccccc3)n2)nc2c1ncn2[C@@H]1O[C@H](CO)[C@@H](O)[C@H]1O. The van der Waals surface area contributed by atoms with E-state index in [4.69, 9.17) is 4.74 Å². The summed E-state index contributed by atoms with van der Waals surface area (Å²) in [6.07, 6.45) is -0.981. The van der Waals surface area contributed by atoms with Crippen LogP contribution < -0.4 is 5.32 Å². The maximum Gasteiger partial charge on any atom is 0.184 e. The number of benzene rings is 1. The minimum absolute atomic E-state index is 0.377. The second-order valence-corrected chi connectivity index (χ2v) is 7.58. The number of anilines is 1. The van der Waals surface area contributed by atoms with Crippen LogP contribution in [0.25, 0.3) is 22.7 Å². The Morgan fingerprint density at radius 3 is 2.62 bits per heavy atom. The third-order valence-corrected chi connectivity index (χ3v) is 5.51. The molecule has 0 aliphatic carbocycles. The van der Waals surface area contributed by atoms with Crippen LogP contribution in [0.3, 0.4) is 0 Å². The molecule has 0 spiro atoms. The van der Waals surface area contributed by atoms with Gasteiger partial charge < -0.3 is 25.4 Å². The van der Waals surface area contributed by atoms with Crippen LogP contribution >= 0.6 is 0 Å². The molecule has 0 bridgehead atoms. The number of fused-ring (bicyclic) bond motifs is 1. The van der Waals surface area contributed by atoms with Gasteiger partial charge in [-0.05, 0) is 11.6 Å². The van der Waals surface area contributed by atoms with Crippen LogP contribution in [0, 0.1) is 0 Å². The Balaban J connectivity index is 1.52. The Bertz CT molecular complexity index is 1230. The van der Waals surface area contributed by atoms with Crippen LogP contribution in [0.15, 0.2) is 48.9 Å². The molecule has 11 heteroatoms. The molecular formula is C21H23N7O4. The van der Waals surface area contributed by atoms with Gasteiger partial charge in [-0.2, -0.15) is 5.10 Å². The van der Waals surface area contributed by atoms with Crippen molar-refractivity contribution in [3.63, 3.8) is 0 Å². The summed E-state index contributed by atoms with van der Waals surface area (Å²) in [6.45, 7) is 0.199. The smallest absolute Gasteiger partial charge is 0.184 e. The maximum atomic E-state index is 10.4. The van der Waals surface area contributed by atoms with Crippen LogP contribution in [0.1, 0.15) is 11.8 Å². The lowest BCUT2D eigenvalue weighted by Gasteiger charge is -2.16. The number of rotatable bonds is 6. The number of nitrogens with zero attached hydrogens (tertiary/aromatic N) is 6. The molecule has 0 amide bonds. The van der Waals surface area contributed by atoms with Gasteiger partial charge in [-0.25, -0.2) is 15.0 Å². The van der Waals surface area contributed by atoms with Crippen molar-refractivity contribution < 1.29 is 20.1 Å². The predicted octanol–water partition coefficient (Wildman–Crippen LogP) is 0.391. The van der Waals surface area contributed by atoms with E-state index in [0.29, 0.717) is 35.0 Å². The van der Waals surface area contributed by atoms with Crippen molar-refractivity contribution in [2.75, 3.05) is 19.0 Å². The third kappa shape index (κ3) is 3.50. The van der Waals surface area contributed by atoms with Crippen LogP contribution in [-0.2, 0) is 11.3 Å². The number of ether oxygens (including phenoxy) is 1. The Morgan fingerprint density at radius 2 is 1.91 bits per heavy atom. The molecule has 1 aliphatic heterocycles. The molecule has 3 aromatic heterocycles. The highest BCUT2D eigenvalue weighted by Gasteiger charge is 2.44. The van der Waals surface area contributed by atoms with E-state index in [1.807, 2.05) is 42.6 Å². The lowest BCUT2D eigenvalue weighted by Crippen LogP contribution is -2.33. The van der Waals surface area contributed by atoms with Crippen molar-refractivity contribution in [2.45, 2.75) is 31.1 Å². The minimum Gasteiger partial charge on any atom is -0.394 e. The number of aliphatic hydroxyl groups excluding tert-OH is 3. The zero-order valence-electron chi connectivity index (χ0n) is 17.3. The predicted molar refractivity (Wildman–Crippen MR) is 115 cm³/mol. The first-order valence-corrected chi connectivity index (χ1v) is 10.2. The van der Waals surface area contributed by atoms with E-state index in [1.165, 1.54) is 10.9 Å². The van der Waals surface area contributed by atoms with E-state index in [0.717, 1.165) is 5.56 Å². The van der Waals surface area contributed by atoms with E-state index in [9.17, 15) is 15.3 Å². The van der Waals surface area contributed by atoms with Crippen LogP contribution in [-0.4, -0.2) is 76.6 Å². The molecule has 166 valence electrons. The largest absolute Gasteiger partial charge is 0.394 e. The molecular weight excluding hydrogens is 414 g/mol. The summed E-state index contributed by atoms with van der Waals surface area (Å²) in [7, 11) is 1.73. The Hall–Kier alpha value is -3.38. The molecule has 4 atom stereocenters. The van der Waals surface area contributed by atoms with Gasteiger partial charge in [0, 0.05) is 13.2 Å². The van der Waals surface area contributed by atoms with Gasteiger partial charge in [0.1, 0.15) is 24.0 Å². The summed E-state index contributed by atoms with van der Waals surface area (Å²) in [5.41, 5.74) is 2.59. The average Bonchev–Trinajstić information content (AvgIpc) is 3.52. The first-order chi connectivity index (χ1) is 15.6. The van der Waals surface area contributed by atoms with Crippen molar-refractivity contribution in [2.24, 2.45) is 0 Å². The lowest BCUT2D eigenvalue weighted by atomic mass is 10.1. The third-order valence-electron chi connectivity index (χ3n) is 5.51. The van der Waals surface area contributed by atoms with Crippen molar-refractivity contribution >= 4 is 17.0 Å². The second-order valence-electron chi connectivity index (χ2n) is 7.58. The van der Waals surface area contributed by atoms with Gasteiger partial charge in [0.15, 0.2) is 29.0 Å². The Kier molecular flexibility index (Phi) is 5.31. The summed E-state index contributed by atoms with van der Waals surface area (Å²) < 4.78 is 8.99. The molecule has 4 heterocycles. The van der Waals surface area contributed by atoms with Gasteiger partial charge in [0.2, 0.25) is 0 Å². The first kappa shape index (κ1) is 20.5. The molecule has 1 saturated heterocycles. The van der Waals surface area contributed by atoms with Crippen molar-refractivity contribution in [1.29, 1.82) is 0 Å².